The summed E-state index contributed by atoms with van der Waals surface area (Å²) in [6.45, 7) is 4.15. The summed E-state index contributed by atoms with van der Waals surface area (Å²) in [6, 6.07) is 0. The molecular formula is C13H21F3N2OS. The monoisotopic (exact) mass is 310 g/mol. The Morgan fingerprint density at radius 3 is 2.60 bits per heavy atom. The van der Waals surface area contributed by atoms with Crippen molar-refractivity contribution in [3.63, 3.8) is 0 Å². The molecule has 1 rings (SSSR count). The van der Waals surface area contributed by atoms with Crippen LogP contribution in [0.25, 0.3) is 0 Å². The van der Waals surface area contributed by atoms with Gasteiger partial charge in [0.05, 0.1) is 10.7 Å². The maximum absolute atomic E-state index is 12.2. The highest BCUT2D eigenvalue weighted by atomic mass is 32.1. The molecule has 0 aliphatic rings. The van der Waals surface area contributed by atoms with E-state index in [4.69, 9.17) is 5.11 Å². The van der Waals surface area contributed by atoms with Gasteiger partial charge in [0.25, 0.3) is 0 Å². The zero-order valence-corrected chi connectivity index (χ0v) is 12.8. The molecule has 0 amide bonds. The van der Waals surface area contributed by atoms with Crippen LogP contribution in [0.2, 0.25) is 0 Å². The molecule has 0 fully saturated rings. The highest BCUT2D eigenvalue weighted by molar-refractivity contribution is 7.09. The van der Waals surface area contributed by atoms with E-state index in [2.05, 4.69) is 18.8 Å². The van der Waals surface area contributed by atoms with Crippen LogP contribution in [0.1, 0.15) is 31.0 Å². The fraction of sp³-hybridized carbons (Fsp3) is 0.769. The molecule has 0 aliphatic heterocycles. The summed E-state index contributed by atoms with van der Waals surface area (Å²) in [4.78, 5) is 5.84. The van der Waals surface area contributed by atoms with Gasteiger partial charge in [0.1, 0.15) is 0 Å². The van der Waals surface area contributed by atoms with Crippen LogP contribution in [0, 0.1) is 5.92 Å². The summed E-state index contributed by atoms with van der Waals surface area (Å²) in [5.74, 6) is 0.604. The van der Waals surface area contributed by atoms with E-state index in [0.717, 1.165) is 23.5 Å². The lowest BCUT2D eigenvalue weighted by Crippen LogP contribution is -2.39. The van der Waals surface area contributed by atoms with Crippen LogP contribution in [0.5, 0.6) is 0 Å². The van der Waals surface area contributed by atoms with Crippen molar-refractivity contribution in [2.75, 3.05) is 13.6 Å². The number of aliphatic hydroxyl groups excluding tert-OH is 1. The molecule has 1 heterocycles. The first-order valence-corrected chi connectivity index (χ1v) is 7.43. The first-order valence-electron chi connectivity index (χ1n) is 6.55. The predicted molar refractivity (Wildman–Crippen MR) is 73.7 cm³/mol. The number of thiazole rings is 1. The van der Waals surface area contributed by atoms with Gasteiger partial charge in [0.15, 0.2) is 6.10 Å². The molecule has 1 aromatic rings. The number of hydrogen-bond donors (Lipinski definition) is 1. The minimum absolute atomic E-state index is 0.311. The number of halogens is 3. The van der Waals surface area contributed by atoms with Crippen LogP contribution < -0.4 is 0 Å². The summed E-state index contributed by atoms with van der Waals surface area (Å²) < 4.78 is 36.7. The lowest BCUT2D eigenvalue weighted by Gasteiger charge is -2.21. The van der Waals surface area contributed by atoms with Crippen molar-refractivity contribution >= 4 is 11.3 Å². The molecule has 1 N–H and O–H groups in total. The Kier molecular flexibility index (Phi) is 6.42. The Balaban J connectivity index is 2.44. The van der Waals surface area contributed by atoms with Gasteiger partial charge in [0, 0.05) is 18.5 Å². The van der Waals surface area contributed by atoms with Crippen LogP contribution in [-0.4, -0.2) is 40.9 Å². The van der Waals surface area contributed by atoms with E-state index in [0.29, 0.717) is 12.5 Å². The fourth-order valence-corrected chi connectivity index (χ4v) is 2.49. The van der Waals surface area contributed by atoms with Crippen LogP contribution in [-0.2, 0) is 13.0 Å². The Bertz CT molecular complexity index is 407. The van der Waals surface area contributed by atoms with Gasteiger partial charge in [-0.05, 0) is 25.8 Å². The standard InChI is InChI=1S/C13H21F3N2OS/c1-9(2)4-5-12-17-10(8-20-12)6-18(3)7-11(19)13(14,15)16/h8-9,11,19H,4-7H2,1-3H3. The van der Waals surface area contributed by atoms with E-state index >= 15 is 0 Å². The minimum atomic E-state index is -4.57. The third-order valence-corrected chi connectivity index (χ3v) is 3.79. The van der Waals surface area contributed by atoms with Gasteiger partial charge < -0.3 is 5.11 Å². The topological polar surface area (TPSA) is 36.4 Å². The van der Waals surface area contributed by atoms with Gasteiger partial charge in [-0.15, -0.1) is 11.3 Å². The Hall–Kier alpha value is -0.660. The summed E-state index contributed by atoms with van der Waals surface area (Å²) in [5.41, 5.74) is 0.755. The molecule has 20 heavy (non-hydrogen) atoms. The average molecular weight is 310 g/mol. The second-order valence-electron chi connectivity index (χ2n) is 5.42. The number of alkyl halides is 3. The molecule has 0 bridgehead atoms. The lowest BCUT2D eigenvalue weighted by molar-refractivity contribution is -0.207. The van der Waals surface area contributed by atoms with Gasteiger partial charge in [-0.3, -0.25) is 4.90 Å². The van der Waals surface area contributed by atoms with Crippen molar-refractivity contribution < 1.29 is 18.3 Å². The van der Waals surface area contributed by atoms with Crippen molar-refractivity contribution in [3.05, 3.63) is 16.1 Å². The quantitative estimate of drug-likeness (QED) is 0.841. The number of likely N-dealkylation sites (N-methyl/N-ethyl adjacent to an activating group) is 1. The molecule has 0 saturated carbocycles. The molecule has 1 atom stereocenters. The zero-order chi connectivity index (χ0) is 15.3. The Labute approximate surface area is 121 Å². The number of aliphatic hydroxyl groups is 1. The predicted octanol–water partition coefficient (Wildman–Crippen LogP) is 3.09. The van der Waals surface area contributed by atoms with Crippen molar-refractivity contribution in [2.24, 2.45) is 5.92 Å². The molecular weight excluding hydrogens is 289 g/mol. The maximum Gasteiger partial charge on any atom is 0.415 e. The highest BCUT2D eigenvalue weighted by Gasteiger charge is 2.38. The number of rotatable bonds is 7. The summed E-state index contributed by atoms with van der Waals surface area (Å²) in [7, 11) is 1.54. The molecule has 7 heteroatoms. The largest absolute Gasteiger partial charge is 0.415 e. The molecule has 1 aromatic heterocycles. The third-order valence-electron chi connectivity index (χ3n) is 2.83. The van der Waals surface area contributed by atoms with Gasteiger partial charge in [0.2, 0.25) is 0 Å². The van der Waals surface area contributed by atoms with E-state index in [1.807, 2.05) is 5.38 Å². The SMILES string of the molecule is CC(C)CCc1nc(CN(C)CC(O)C(F)(F)F)cs1. The molecule has 0 aromatic carbocycles. The molecule has 0 spiro atoms. The van der Waals surface area contributed by atoms with Gasteiger partial charge >= 0.3 is 6.18 Å². The molecule has 0 saturated heterocycles. The number of hydrogen-bond acceptors (Lipinski definition) is 4. The molecule has 116 valence electrons. The van der Waals surface area contributed by atoms with Crippen LogP contribution in [0.15, 0.2) is 5.38 Å². The van der Waals surface area contributed by atoms with Crippen molar-refractivity contribution in [3.8, 4) is 0 Å². The highest BCUT2D eigenvalue weighted by Crippen LogP contribution is 2.21. The average Bonchev–Trinajstić information content (AvgIpc) is 2.72. The molecule has 1 unspecified atom stereocenters. The van der Waals surface area contributed by atoms with E-state index in [9.17, 15) is 13.2 Å². The van der Waals surface area contributed by atoms with Gasteiger partial charge in [-0.25, -0.2) is 4.98 Å². The van der Waals surface area contributed by atoms with Crippen molar-refractivity contribution in [2.45, 2.75) is 45.5 Å². The van der Waals surface area contributed by atoms with Crippen molar-refractivity contribution in [1.29, 1.82) is 0 Å². The normalized spacial score (nSPS) is 14.2. The van der Waals surface area contributed by atoms with E-state index < -0.39 is 18.8 Å². The second kappa shape index (κ2) is 7.38. The van der Waals surface area contributed by atoms with Crippen LogP contribution in [0.3, 0.4) is 0 Å². The smallest absolute Gasteiger partial charge is 0.382 e. The summed E-state index contributed by atoms with van der Waals surface area (Å²) in [6.07, 6.45) is -4.93. The molecule has 0 aliphatic carbocycles. The van der Waals surface area contributed by atoms with Gasteiger partial charge in [-0.2, -0.15) is 13.2 Å². The second-order valence-corrected chi connectivity index (χ2v) is 6.36. The van der Waals surface area contributed by atoms with Crippen LogP contribution in [0.4, 0.5) is 13.2 Å². The first-order chi connectivity index (χ1) is 9.18. The number of nitrogens with zero attached hydrogens (tertiary/aromatic N) is 2. The van der Waals surface area contributed by atoms with E-state index in [1.165, 1.54) is 16.2 Å². The van der Waals surface area contributed by atoms with Crippen LogP contribution >= 0.6 is 11.3 Å². The number of aryl methyl sites for hydroxylation is 1. The Morgan fingerprint density at radius 2 is 2.05 bits per heavy atom. The molecule has 0 radical (unpaired) electrons. The maximum atomic E-state index is 12.2. The van der Waals surface area contributed by atoms with E-state index in [-0.39, 0.29) is 0 Å². The number of aromatic nitrogens is 1. The summed E-state index contributed by atoms with van der Waals surface area (Å²) >= 11 is 1.54. The third kappa shape index (κ3) is 6.19. The Morgan fingerprint density at radius 1 is 1.40 bits per heavy atom. The lowest BCUT2D eigenvalue weighted by atomic mass is 10.1. The zero-order valence-electron chi connectivity index (χ0n) is 11.9. The minimum Gasteiger partial charge on any atom is -0.382 e. The fourth-order valence-electron chi connectivity index (χ4n) is 1.69. The van der Waals surface area contributed by atoms with Gasteiger partial charge in [-0.1, -0.05) is 13.8 Å². The van der Waals surface area contributed by atoms with Crippen molar-refractivity contribution in [1.82, 2.24) is 9.88 Å². The van der Waals surface area contributed by atoms with E-state index in [1.54, 1.807) is 7.05 Å². The molecule has 3 nitrogen and oxygen atoms in total. The summed E-state index contributed by atoms with van der Waals surface area (Å²) in [5, 5.41) is 11.9. The first kappa shape index (κ1) is 17.4.